The molecular weight excluding hydrogens is 252 g/mol. The highest BCUT2D eigenvalue weighted by Crippen LogP contribution is 2.34. The maximum atomic E-state index is 11.7. The molecule has 1 aliphatic heterocycles. The molecular formula is C16H32N2O2. The van der Waals surface area contributed by atoms with Crippen molar-refractivity contribution in [3.8, 4) is 0 Å². The van der Waals surface area contributed by atoms with E-state index >= 15 is 0 Å². The second-order valence-corrected chi connectivity index (χ2v) is 6.90. The number of likely N-dealkylation sites (N-methyl/N-ethyl adjacent to an activating group) is 1. The van der Waals surface area contributed by atoms with Crippen LogP contribution in [0.1, 0.15) is 47.0 Å². The molecule has 1 rings (SSSR count). The molecule has 0 aromatic carbocycles. The minimum atomic E-state index is -0.162. The highest BCUT2D eigenvalue weighted by molar-refractivity contribution is 5.75. The summed E-state index contributed by atoms with van der Waals surface area (Å²) in [6.07, 6.45) is 3.38. The number of likely N-dealkylation sites (tertiary alicyclic amines) is 1. The minimum Gasteiger partial charge on any atom is -0.468 e. The third-order valence-corrected chi connectivity index (χ3v) is 4.48. The standard InChI is InChI=1S/C16H32N2O2/c1-6-17-14(15(19)20-5)9-12-18-10-7-13(8-11-18)16(2,3)4/h13-14,17H,6-12H2,1-5H3. The predicted molar refractivity (Wildman–Crippen MR) is 82.7 cm³/mol. The van der Waals surface area contributed by atoms with Gasteiger partial charge in [0.2, 0.25) is 0 Å². The Kier molecular flexibility index (Phi) is 6.96. The molecule has 20 heavy (non-hydrogen) atoms. The minimum absolute atomic E-state index is 0.142. The van der Waals surface area contributed by atoms with Gasteiger partial charge in [0, 0.05) is 6.54 Å². The van der Waals surface area contributed by atoms with Gasteiger partial charge in [0.15, 0.2) is 0 Å². The molecule has 0 aromatic heterocycles. The molecule has 118 valence electrons. The third kappa shape index (κ3) is 5.41. The van der Waals surface area contributed by atoms with E-state index in [-0.39, 0.29) is 12.0 Å². The Morgan fingerprint density at radius 3 is 2.40 bits per heavy atom. The molecule has 1 aliphatic rings. The number of esters is 1. The number of methoxy groups -OCH3 is 1. The van der Waals surface area contributed by atoms with Crippen LogP contribution in [0.4, 0.5) is 0 Å². The highest BCUT2D eigenvalue weighted by Gasteiger charge is 2.29. The fraction of sp³-hybridized carbons (Fsp3) is 0.938. The lowest BCUT2D eigenvalue weighted by molar-refractivity contribution is -0.143. The van der Waals surface area contributed by atoms with E-state index in [1.54, 1.807) is 0 Å². The van der Waals surface area contributed by atoms with E-state index < -0.39 is 0 Å². The second kappa shape index (κ2) is 7.99. The topological polar surface area (TPSA) is 41.6 Å². The first-order valence-corrected chi connectivity index (χ1v) is 7.92. The van der Waals surface area contributed by atoms with Gasteiger partial charge in [-0.1, -0.05) is 27.7 Å². The molecule has 1 N–H and O–H groups in total. The lowest BCUT2D eigenvalue weighted by Gasteiger charge is -2.39. The molecule has 1 heterocycles. The molecule has 1 fully saturated rings. The van der Waals surface area contributed by atoms with Crippen molar-refractivity contribution in [3.63, 3.8) is 0 Å². The Morgan fingerprint density at radius 1 is 1.35 bits per heavy atom. The normalized spacial score (nSPS) is 19.9. The van der Waals surface area contributed by atoms with Crippen molar-refractivity contribution in [2.75, 3.05) is 33.3 Å². The number of nitrogens with zero attached hydrogens (tertiary/aromatic N) is 1. The molecule has 0 saturated carbocycles. The summed E-state index contributed by atoms with van der Waals surface area (Å²) in [7, 11) is 1.46. The molecule has 0 aliphatic carbocycles. The molecule has 1 saturated heterocycles. The van der Waals surface area contributed by atoms with Crippen LogP contribution in [0.5, 0.6) is 0 Å². The van der Waals surface area contributed by atoms with Gasteiger partial charge in [0.1, 0.15) is 6.04 Å². The van der Waals surface area contributed by atoms with Crippen LogP contribution in [0.2, 0.25) is 0 Å². The number of piperidine rings is 1. The number of hydrogen-bond donors (Lipinski definition) is 1. The van der Waals surface area contributed by atoms with Crippen LogP contribution in [0.3, 0.4) is 0 Å². The van der Waals surface area contributed by atoms with Crippen LogP contribution in [0.15, 0.2) is 0 Å². The number of ether oxygens (including phenoxy) is 1. The molecule has 4 heteroatoms. The lowest BCUT2D eigenvalue weighted by atomic mass is 9.75. The lowest BCUT2D eigenvalue weighted by Crippen LogP contribution is -2.43. The van der Waals surface area contributed by atoms with Gasteiger partial charge >= 0.3 is 5.97 Å². The zero-order valence-electron chi connectivity index (χ0n) is 13.9. The zero-order chi connectivity index (χ0) is 15.2. The van der Waals surface area contributed by atoms with Gasteiger partial charge in [0.25, 0.3) is 0 Å². The predicted octanol–water partition coefficient (Wildman–Crippen LogP) is 2.29. The summed E-state index contributed by atoms with van der Waals surface area (Å²) in [6, 6.07) is -0.162. The Balaban J connectivity index is 2.34. The molecule has 4 nitrogen and oxygen atoms in total. The van der Waals surface area contributed by atoms with E-state index in [1.165, 1.54) is 20.0 Å². The zero-order valence-corrected chi connectivity index (χ0v) is 13.9. The summed E-state index contributed by atoms with van der Waals surface area (Å²) in [5.41, 5.74) is 0.421. The van der Waals surface area contributed by atoms with E-state index in [2.05, 4.69) is 31.0 Å². The average Bonchev–Trinajstić information content (AvgIpc) is 2.42. The van der Waals surface area contributed by atoms with Crippen molar-refractivity contribution in [1.29, 1.82) is 0 Å². The van der Waals surface area contributed by atoms with E-state index in [0.29, 0.717) is 5.41 Å². The molecule has 0 spiro atoms. The molecule has 0 radical (unpaired) electrons. The number of nitrogens with one attached hydrogen (secondary N) is 1. The Bertz CT molecular complexity index is 291. The number of hydrogen-bond acceptors (Lipinski definition) is 4. The van der Waals surface area contributed by atoms with Gasteiger partial charge < -0.3 is 15.0 Å². The molecule has 1 unspecified atom stereocenters. The van der Waals surface area contributed by atoms with Crippen molar-refractivity contribution in [3.05, 3.63) is 0 Å². The van der Waals surface area contributed by atoms with Crippen LogP contribution >= 0.6 is 0 Å². The Labute approximate surface area is 124 Å². The smallest absolute Gasteiger partial charge is 0.322 e. The van der Waals surface area contributed by atoms with Crippen LogP contribution in [0, 0.1) is 11.3 Å². The van der Waals surface area contributed by atoms with Gasteiger partial charge in [-0.05, 0) is 50.2 Å². The number of carbonyl (C=O) groups excluding carboxylic acids is 1. The van der Waals surface area contributed by atoms with Gasteiger partial charge in [-0.25, -0.2) is 0 Å². The van der Waals surface area contributed by atoms with Crippen LogP contribution in [-0.4, -0.2) is 50.2 Å². The molecule has 0 aromatic rings. The number of rotatable bonds is 6. The Morgan fingerprint density at radius 2 is 1.95 bits per heavy atom. The summed E-state index contributed by atoms with van der Waals surface area (Å²) >= 11 is 0. The fourth-order valence-corrected chi connectivity index (χ4v) is 3.03. The monoisotopic (exact) mass is 284 g/mol. The van der Waals surface area contributed by atoms with E-state index in [1.807, 2.05) is 6.92 Å². The van der Waals surface area contributed by atoms with Crippen LogP contribution in [0.25, 0.3) is 0 Å². The van der Waals surface area contributed by atoms with Gasteiger partial charge in [-0.2, -0.15) is 0 Å². The maximum Gasteiger partial charge on any atom is 0.322 e. The van der Waals surface area contributed by atoms with Crippen molar-refractivity contribution < 1.29 is 9.53 Å². The van der Waals surface area contributed by atoms with Crippen molar-refractivity contribution in [2.45, 2.75) is 53.0 Å². The Hall–Kier alpha value is -0.610. The van der Waals surface area contributed by atoms with E-state index in [0.717, 1.165) is 38.5 Å². The largest absolute Gasteiger partial charge is 0.468 e. The summed E-state index contributed by atoms with van der Waals surface area (Å²) in [5, 5.41) is 3.20. The first kappa shape index (κ1) is 17.4. The van der Waals surface area contributed by atoms with Crippen LogP contribution < -0.4 is 5.32 Å². The van der Waals surface area contributed by atoms with Crippen molar-refractivity contribution in [2.24, 2.45) is 11.3 Å². The summed E-state index contributed by atoms with van der Waals surface area (Å²) in [6.45, 7) is 13.1. The average molecular weight is 284 g/mol. The quantitative estimate of drug-likeness (QED) is 0.760. The van der Waals surface area contributed by atoms with Gasteiger partial charge in [0.05, 0.1) is 7.11 Å². The number of carbonyl (C=O) groups is 1. The van der Waals surface area contributed by atoms with Crippen LogP contribution in [-0.2, 0) is 9.53 Å². The first-order valence-electron chi connectivity index (χ1n) is 7.92. The van der Waals surface area contributed by atoms with Gasteiger partial charge in [-0.3, -0.25) is 4.79 Å². The summed E-state index contributed by atoms with van der Waals surface area (Å²) < 4.78 is 4.85. The summed E-state index contributed by atoms with van der Waals surface area (Å²) in [5.74, 6) is 0.681. The molecule has 0 amide bonds. The third-order valence-electron chi connectivity index (χ3n) is 4.48. The van der Waals surface area contributed by atoms with E-state index in [4.69, 9.17) is 4.74 Å². The second-order valence-electron chi connectivity index (χ2n) is 6.90. The van der Waals surface area contributed by atoms with Crippen molar-refractivity contribution in [1.82, 2.24) is 10.2 Å². The highest BCUT2D eigenvalue weighted by atomic mass is 16.5. The SMILES string of the molecule is CCNC(CCN1CCC(C(C)(C)C)CC1)C(=O)OC. The van der Waals surface area contributed by atoms with E-state index in [9.17, 15) is 4.79 Å². The fourth-order valence-electron chi connectivity index (χ4n) is 3.03. The van der Waals surface area contributed by atoms with Gasteiger partial charge in [-0.15, -0.1) is 0 Å². The van der Waals surface area contributed by atoms with Crippen molar-refractivity contribution >= 4 is 5.97 Å². The molecule has 0 bridgehead atoms. The maximum absolute atomic E-state index is 11.7. The molecule has 1 atom stereocenters. The summed E-state index contributed by atoms with van der Waals surface area (Å²) in [4.78, 5) is 14.1. The first-order chi connectivity index (χ1) is 9.38.